The topological polar surface area (TPSA) is 58.6 Å². The van der Waals surface area contributed by atoms with Crippen molar-refractivity contribution in [3.63, 3.8) is 0 Å². The summed E-state index contributed by atoms with van der Waals surface area (Å²) in [7, 11) is 0. The van der Waals surface area contributed by atoms with Gasteiger partial charge in [-0.1, -0.05) is 92.5 Å². The quantitative estimate of drug-likeness (QED) is 0.279. The molecule has 0 bridgehead atoms. The van der Waals surface area contributed by atoms with Gasteiger partial charge in [-0.15, -0.1) is 0 Å². The molecule has 0 aromatic heterocycles. The molecule has 37 heavy (non-hydrogen) atoms. The third kappa shape index (κ3) is 8.51. The van der Waals surface area contributed by atoms with Crippen LogP contribution in [-0.2, 0) is 22.6 Å². The molecule has 196 valence electrons. The second-order valence-electron chi connectivity index (χ2n) is 9.27. The molecule has 0 saturated heterocycles. The van der Waals surface area contributed by atoms with E-state index in [1.165, 1.54) is 5.56 Å². The summed E-state index contributed by atoms with van der Waals surface area (Å²) in [6, 6.07) is 21.7. The van der Waals surface area contributed by atoms with Gasteiger partial charge < -0.3 is 15.0 Å². The van der Waals surface area contributed by atoms with Gasteiger partial charge in [-0.25, -0.2) is 0 Å². The van der Waals surface area contributed by atoms with E-state index in [0.717, 1.165) is 12.0 Å². The SMILES string of the molecule is CCCNC(=O)[C@@H](Cc1ccccc1)N(Cc1ccc(Cl)cc1Cl)C(=O)COc1ccc(C(C)C)cc1. The number of carbonyl (C=O) groups excluding carboxylic acids is 2. The summed E-state index contributed by atoms with van der Waals surface area (Å²) in [5, 5.41) is 3.89. The van der Waals surface area contributed by atoms with Crippen LogP contribution in [0, 0.1) is 0 Å². The molecule has 0 aliphatic heterocycles. The summed E-state index contributed by atoms with van der Waals surface area (Å²) >= 11 is 12.6. The number of carbonyl (C=O) groups is 2. The Morgan fingerprint density at radius 1 is 0.973 bits per heavy atom. The van der Waals surface area contributed by atoms with Crippen LogP contribution in [0.1, 0.15) is 49.8 Å². The van der Waals surface area contributed by atoms with Crippen LogP contribution in [0.15, 0.2) is 72.8 Å². The zero-order valence-electron chi connectivity index (χ0n) is 21.5. The van der Waals surface area contributed by atoms with Gasteiger partial charge in [-0.05, 0) is 53.3 Å². The van der Waals surface area contributed by atoms with Gasteiger partial charge in [0.05, 0.1) is 0 Å². The maximum Gasteiger partial charge on any atom is 0.261 e. The molecule has 0 fully saturated rings. The number of halogens is 2. The monoisotopic (exact) mass is 540 g/mol. The fraction of sp³-hybridized carbons (Fsp3) is 0.333. The lowest BCUT2D eigenvalue weighted by Crippen LogP contribution is -2.51. The third-order valence-electron chi connectivity index (χ3n) is 6.09. The largest absolute Gasteiger partial charge is 0.484 e. The van der Waals surface area contributed by atoms with Crippen LogP contribution in [-0.4, -0.2) is 35.9 Å². The van der Waals surface area contributed by atoms with Crippen molar-refractivity contribution in [1.82, 2.24) is 10.2 Å². The Morgan fingerprint density at radius 3 is 2.30 bits per heavy atom. The van der Waals surface area contributed by atoms with Crippen molar-refractivity contribution in [1.29, 1.82) is 0 Å². The van der Waals surface area contributed by atoms with Gasteiger partial charge in [0.15, 0.2) is 6.61 Å². The first-order valence-electron chi connectivity index (χ1n) is 12.6. The molecular formula is C30H34Cl2N2O3. The average Bonchev–Trinajstić information content (AvgIpc) is 2.89. The maximum absolute atomic E-state index is 13.6. The fourth-order valence-electron chi connectivity index (χ4n) is 3.93. The van der Waals surface area contributed by atoms with Gasteiger partial charge in [0, 0.05) is 29.6 Å². The lowest BCUT2D eigenvalue weighted by molar-refractivity contribution is -0.142. The summed E-state index contributed by atoms with van der Waals surface area (Å²) < 4.78 is 5.85. The summed E-state index contributed by atoms with van der Waals surface area (Å²) in [5.41, 5.74) is 2.83. The molecule has 3 aromatic carbocycles. The highest BCUT2D eigenvalue weighted by Gasteiger charge is 2.31. The van der Waals surface area contributed by atoms with Crippen molar-refractivity contribution in [2.45, 2.75) is 52.1 Å². The molecule has 0 saturated carbocycles. The molecule has 0 radical (unpaired) electrons. The first-order chi connectivity index (χ1) is 17.8. The van der Waals surface area contributed by atoms with E-state index in [0.29, 0.717) is 40.2 Å². The summed E-state index contributed by atoms with van der Waals surface area (Å²) in [4.78, 5) is 28.5. The predicted molar refractivity (Wildman–Crippen MR) is 150 cm³/mol. The van der Waals surface area contributed by atoms with E-state index < -0.39 is 6.04 Å². The fourth-order valence-corrected chi connectivity index (χ4v) is 4.40. The van der Waals surface area contributed by atoms with Crippen molar-refractivity contribution >= 4 is 35.0 Å². The minimum atomic E-state index is -0.750. The number of rotatable bonds is 12. The van der Waals surface area contributed by atoms with E-state index in [1.54, 1.807) is 23.1 Å². The maximum atomic E-state index is 13.6. The second-order valence-corrected chi connectivity index (χ2v) is 10.1. The Bertz CT molecular complexity index is 1170. The molecule has 3 aromatic rings. The first-order valence-corrected chi connectivity index (χ1v) is 13.3. The van der Waals surface area contributed by atoms with Gasteiger partial charge in [-0.2, -0.15) is 0 Å². The van der Waals surface area contributed by atoms with Crippen LogP contribution < -0.4 is 10.1 Å². The van der Waals surface area contributed by atoms with Gasteiger partial charge in [0.2, 0.25) is 5.91 Å². The molecule has 1 N–H and O–H groups in total. The van der Waals surface area contributed by atoms with Crippen LogP contribution in [0.25, 0.3) is 0 Å². The lowest BCUT2D eigenvalue weighted by atomic mass is 10.0. The van der Waals surface area contributed by atoms with Crippen LogP contribution in [0.2, 0.25) is 10.0 Å². The molecule has 3 rings (SSSR count). The minimum Gasteiger partial charge on any atom is -0.484 e. The van der Waals surface area contributed by atoms with Gasteiger partial charge >= 0.3 is 0 Å². The molecule has 0 aliphatic carbocycles. The zero-order valence-corrected chi connectivity index (χ0v) is 23.1. The van der Waals surface area contributed by atoms with Crippen molar-refractivity contribution in [3.05, 3.63) is 99.5 Å². The number of hydrogen-bond acceptors (Lipinski definition) is 3. The molecule has 0 aliphatic rings. The molecule has 0 heterocycles. The summed E-state index contributed by atoms with van der Waals surface area (Å²) in [5.74, 6) is 0.463. The molecule has 0 spiro atoms. The summed E-state index contributed by atoms with van der Waals surface area (Å²) in [6.45, 7) is 6.68. The van der Waals surface area contributed by atoms with E-state index in [1.807, 2.05) is 61.5 Å². The van der Waals surface area contributed by atoms with Gasteiger partial charge in [0.25, 0.3) is 5.91 Å². The lowest BCUT2D eigenvalue weighted by Gasteiger charge is -2.31. The predicted octanol–water partition coefficient (Wildman–Crippen LogP) is 6.66. The molecule has 5 nitrogen and oxygen atoms in total. The number of hydrogen-bond donors (Lipinski definition) is 1. The van der Waals surface area contributed by atoms with E-state index in [9.17, 15) is 9.59 Å². The molecule has 2 amide bonds. The molecule has 0 unspecified atom stereocenters. The molecule has 1 atom stereocenters. The van der Waals surface area contributed by atoms with Crippen molar-refractivity contribution < 1.29 is 14.3 Å². The van der Waals surface area contributed by atoms with E-state index in [-0.39, 0.29) is 25.0 Å². The number of ether oxygens (including phenoxy) is 1. The van der Waals surface area contributed by atoms with Crippen LogP contribution >= 0.6 is 23.2 Å². The van der Waals surface area contributed by atoms with Crippen molar-refractivity contribution in [2.24, 2.45) is 0 Å². The highest BCUT2D eigenvalue weighted by Crippen LogP contribution is 2.25. The zero-order chi connectivity index (χ0) is 26.8. The Labute approximate surface area is 229 Å². The Hall–Kier alpha value is -3.02. The molecule has 7 heteroatoms. The number of benzene rings is 3. The highest BCUT2D eigenvalue weighted by atomic mass is 35.5. The third-order valence-corrected chi connectivity index (χ3v) is 6.67. The Kier molecular flexibility index (Phi) is 10.8. The normalized spacial score (nSPS) is 11.7. The van der Waals surface area contributed by atoms with Crippen LogP contribution in [0.4, 0.5) is 0 Å². The first kappa shape index (κ1) is 28.5. The number of amides is 2. The van der Waals surface area contributed by atoms with E-state index in [2.05, 4.69) is 19.2 Å². The van der Waals surface area contributed by atoms with Crippen LogP contribution in [0.5, 0.6) is 5.75 Å². The second kappa shape index (κ2) is 14.1. The van der Waals surface area contributed by atoms with Gasteiger partial charge in [0.1, 0.15) is 11.8 Å². The molecular weight excluding hydrogens is 507 g/mol. The Morgan fingerprint density at radius 2 is 1.68 bits per heavy atom. The standard InChI is InChI=1S/C30H34Cl2N2O3/c1-4-16-33-30(36)28(17-22-8-6-5-7-9-22)34(19-24-10-13-25(31)18-27(24)32)29(35)20-37-26-14-11-23(12-15-26)21(2)3/h5-15,18,21,28H,4,16-17,19-20H2,1-3H3,(H,33,36)/t28-/m1/s1. The van der Waals surface area contributed by atoms with Crippen LogP contribution in [0.3, 0.4) is 0 Å². The van der Waals surface area contributed by atoms with Gasteiger partial charge in [-0.3, -0.25) is 9.59 Å². The average molecular weight is 542 g/mol. The highest BCUT2D eigenvalue weighted by molar-refractivity contribution is 6.35. The minimum absolute atomic E-state index is 0.140. The van der Waals surface area contributed by atoms with Crippen molar-refractivity contribution in [2.75, 3.05) is 13.2 Å². The number of nitrogens with one attached hydrogen (secondary N) is 1. The smallest absolute Gasteiger partial charge is 0.261 e. The Balaban J connectivity index is 1.89. The van der Waals surface area contributed by atoms with Crippen molar-refractivity contribution in [3.8, 4) is 5.75 Å². The number of nitrogens with zero attached hydrogens (tertiary/aromatic N) is 1. The summed E-state index contributed by atoms with van der Waals surface area (Å²) in [6.07, 6.45) is 1.15. The van der Waals surface area contributed by atoms with E-state index >= 15 is 0 Å². The van der Waals surface area contributed by atoms with E-state index in [4.69, 9.17) is 27.9 Å².